The zero-order valence-corrected chi connectivity index (χ0v) is 17.9. The monoisotopic (exact) mass is 403 g/mol. The Balaban J connectivity index is 1.92. The zero-order chi connectivity index (χ0) is 21.4. The van der Waals surface area contributed by atoms with Gasteiger partial charge in [0.15, 0.2) is 0 Å². The maximum absolute atomic E-state index is 12.1. The number of likely N-dealkylation sites (N-methyl/N-ethyl adjacent to an activating group) is 1. The highest BCUT2D eigenvalue weighted by Crippen LogP contribution is 2.27. The largest absolute Gasteiger partial charge is 0.460 e. The second-order valence-corrected chi connectivity index (χ2v) is 8.58. The summed E-state index contributed by atoms with van der Waals surface area (Å²) in [6.45, 7) is 7.33. The highest BCUT2D eigenvalue weighted by atomic mass is 16.6. The van der Waals surface area contributed by atoms with Crippen LogP contribution >= 0.6 is 0 Å². The van der Waals surface area contributed by atoms with Gasteiger partial charge in [-0.2, -0.15) is 0 Å². The quantitative estimate of drug-likeness (QED) is 0.530. The van der Waals surface area contributed by atoms with Crippen molar-refractivity contribution in [3.05, 3.63) is 23.9 Å². The molecule has 160 valence electrons. The number of nitrogens with one attached hydrogen (secondary N) is 1. The molecule has 1 amide bonds. The Hall–Kier alpha value is -2.44. The Morgan fingerprint density at radius 1 is 1.31 bits per heavy atom. The van der Waals surface area contributed by atoms with E-state index in [0.29, 0.717) is 25.2 Å². The van der Waals surface area contributed by atoms with Gasteiger partial charge in [0.1, 0.15) is 17.7 Å². The molecule has 29 heavy (non-hydrogen) atoms. The Kier molecular flexibility index (Phi) is 8.17. The van der Waals surface area contributed by atoms with Crippen LogP contribution in [0.3, 0.4) is 0 Å². The van der Waals surface area contributed by atoms with Crippen molar-refractivity contribution in [1.29, 1.82) is 0 Å². The van der Waals surface area contributed by atoms with Crippen molar-refractivity contribution in [3.8, 4) is 0 Å². The van der Waals surface area contributed by atoms with E-state index >= 15 is 0 Å². The number of nitrogens with zero attached hydrogens (tertiary/aromatic N) is 2. The van der Waals surface area contributed by atoms with Crippen LogP contribution in [0.25, 0.3) is 0 Å². The third kappa shape index (κ3) is 7.15. The van der Waals surface area contributed by atoms with E-state index in [0.717, 1.165) is 43.6 Å². The molecule has 1 atom stereocenters. The normalized spacial score (nSPS) is 16.2. The molecule has 0 spiro atoms. The van der Waals surface area contributed by atoms with Crippen molar-refractivity contribution in [1.82, 2.24) is 10.3 Å². The van der Waals surface area contributed by atoms with Crippen LogP contribution in [0.1, 0.15) is 64.4 Å². The lowest BCUT2D eigenvalue weighted by Gasteiger charge is -2.33. The molecule has 1 aliphatic rings. The predicted molar refractivity (Wildman–Crippen MR) is 112 cm³/mol. The van der Waals surface area contributed by atoms with Crippen LogP contribution in [0, 0.1) is 5.92 Å². The van der Waals surface area contributed by atoms with Crippen molar-refractivity contribution in [2.45, 2.75) is 64.4 Å². The molecule has 1 aromatic heterocycles. The second-order valence-electron chi connectivity index (χ2n) is 8.58. The number of carbonyl (C=O) groups is 3. The summed E-state index contributed by atoms with van der Waals surface area (Å²) in [5, 5.41) is 2.65. The lowest BCUT2D eigenvalue weighted by Crippen LogP contribution is -2.35. The van der Waals surface area contributed by atoms with E-state index in [1.807, 2.05) is 32.9 Å². The maximum atomic E-state index is 12.1. The van der Waals surface area contributed by atoms with Gasteiger partial charge in [-0.3, -0.25) is 9.59 Å². The molecule has 0 aromatic carbocycles. The highest BCUT2D eigenvalue weighted by molar-refractivity contribution is 5.83. The molecule has 0 saturated carbocycles. The van der Waals surface area contributed by atoms with Gasteiger partial charge in [-0.15, -0.1) is 0 Å². The van der Waals surface area contributed by atoms with Gasteiger partial charge in [-0.25, -0.2) is 4.98 Å². The highest BCUT2D eigenvalue weighted by Gasteiger charge is 2.25. The van der Waals surface area contributed by atoms with Crippen LogP contribution in [-0.2, 0) is 19.1 Å². The SMILES string of the molecule is CNC(=O)C(CCC=O)c1ccc(N2CCC(CC(=O)OC(C)(C)C)CC2)nc1. The number of hydrogen-bond donors (Lipinski definition) is 1. The van der Waals surface area contributed by atoms with Gasteiger partial charge in [-0.05, 0) is 57.6 Å². The first-order valence-corrected chi connectivity index (χ1v) is 10.3. The molecular formula is C22H33N3O4. The molecule has 7 heteroatoms. The topological polar surface area (TPSA) is 88.6 Å². The molecule has 1 saturated heterocycles. The zero-order valence-electron chi connectivity index (χ0n) is 17.9. The van der Waals surface area contributed by atoms with E-state index in [-0.39, 0.29) is 17.8 Å². The molecule has 1 N–H and O–H groups in total. The van der Waals surface area contributed by atoms with Gasteiger partial charge in [0.05, 0.1) is 5.92 Å². The van der Waals surface area contributed by atoms with Crippen LogP contribution < -0.4 is 10.2 Å². The number of pyridine rings is 1. The summed E-state index contributed by atoms with van der Waals surface area (Å²) in [5.74, 6) is 0.599. The van der Waals surface area contributed by atoms with Crippen LogP contribution in [0.15, 0.2) is 18.3 Å². The number of rotatable bonds is 8. The first-order valence-electron chi connectivity index (χ1n) is 10.3. The molecule has 1 aliphatic heterocycles. The number of hydrogen-bond acceptors (Lipinski definition) is 6. The molecule has 2 rings (SSSR count). The molecule has 0 radical (unpaired) electrons. The number of piperidine rings is 1. The van der Waals surface area contributed by atoms with Gasteiger partial charge in [0.25, 0.3) is 0 Å². The van der Waals surface area contributed by atoms with Crippen LogP contribution in [-0.4, -0.2) is 48.9 Å². The molecule has 0 aliphatic carbocycles. The van der Waals surface area contributed by atoms with Gasteiger partial charge in [-0.1, -0.05) is 6.07 Å². The second kappa shape index (κ2) is 10.4. The smallest absolute Gasteiger partial charge is 0.306 e. The number of carbonyl (C=O) groups excluding carboxylic acids is 3. The van der Waals surface area contributed by atoms with Crippen molar-refractivity contribution in [2.75, 3.05) is 25.0 Å². The number of esters is 1. The van der Waals surface area contributed by atoms with Crippen molar-refractivity contribution >= 4 is 24.0 Å². The van der Waals surface area contributed by atoms with Crippen molar-refractivity contribution < 1.29 is 19.1 Å². The summed E-state index contributed by atoms with van der Waals surface area (Å²) >= 11 is 0. The minimum Gasteiger partial charge on any atom is -0.460 e. The number of aldehydes is 1. The van der Waals surface area contributed by atoms with Gasteiger partial charge >= 0.3 is 5.97 Å². The summed E-state index contributed by atoms with van der Waals surface area (Å²) in [5.41, 5.74) is 0.372. The van der Waals surface area contributed by atoms with E-state index in [2.05, 4.69) is 15.2 Å². The van der Waals surface area contributed by atoms with E-state index in [1.165, 1.54) is 0 Å². The Labute approximate surface area is 173 Å². The first-order chi connectivity index (χ1) is 13.7. The standard InChI is InChI=1S/C22H33N3O4/c1-22(2,3)29-20(27)14-16-9-11-25(12-10-16)19-8-7-17(15-24-19)18(6-5-13-26)21(28)23-4/h7-8,13,15-16,18H,5-6,9-12,14H2,1-4H3,(H,23,28). The summed E-state index contributed by atoms with van der Waals surface area (Å²) in [6.07, 6.45) is 5.67. The summed E-state index contributed by atoms with van der Waals surface area (Å²) in [6, 6.07) is 3.85. The van der Waals surface area contributed by atoms with E-state index in [1.54, 1.807) is 13.2 Å². The van der Waals surface area contributed by atoms with E-state index < -0.39 is 5.60 Å². The molecule has 1 aromatic rings. The minimum absolute atomic E-state index is 0.107. The maximum Gasteiger partial charge on any atom is 0.306 e. The Morgan fingerprint density at radius 3 is 2.52 bits per heavy atom. The van der Waals surface area contributed by atoms with Gasteiger partial charge in [0, 0.05) is 39.2 Å². The lowest BCUT2D eigenvalue weighted by molar-refractivity contribution is -0.156. The summed E-state index contributed by atoms with van der Waals surface area (Å²) < 4.78 is 5.42. The molecule has 1 fully saturated rings. The molecule has 0 bridgehead atoms. The summed E-state index contributed by atoms with van der Waals surface area (Å²) in [7, 11) is 1.60. The fraction of sp³-hybridized carbons (Fsp3) is 0.636. The van der Waals surface area contributed by atoms with Crippen molar-refractivity contribution in [2.24, 2.45) is 5.92 Å². The first kappa shape index (κ1) is 22.8. The number of anilines is 1. The molecule has 7 nitrogen and oxygen atoms in total. The average molecular weight is 404 g/mol. The fourth-order valence-corrected chi connectivity index (χ4v) is 3.63. The lowest BCUT2D eigenvalue weighted by atomic mass is 9.93. The Bertz CT molecular complexity index is 689. The van der Waals surface area contributed by atoms with Crippen LogP contribution in [0.2, 0.25) is 0 Å². The van der Waals surface area contributed by atoms with Crippen LogP contribution in [0.4, 0.5) is 5.82 Å². The number of ether oxygens (including phenoxy) is 1. The van der Waals surface area contributed by atoms with Crippen molar-refractivity contribution in [3.63, 3.8) is 0 Å². The van der Waals surface area contributed by atoms with Gasteiger partial charge in [0.2, 0.25) is 5.91 Å². The average Bonchev–Trinajstić information content (AvgIpc) is 2.67. The fourth-order valence-electron chi connectivity index (χ4n) is 3.63. The number of aromatic nitrogens is 1. The summed E-state index contributed by atoms with van der Waals surface area (Å²) in [4.78, 5) is 41.6. The molecular weight excluding hydrogens is 370 g/mol. The third-order valence-corrected chi connectivity index (χ3v) is 5.12. The van der Waals surface area contributed by atoms with E-state index in [4.69, 9.17) is 4.74 Å². The Morgan fingerprint density at radius 2 is 2.00 bits per heavy atom. The molecule has 2 heterocycles. The minimum atomic E-state index is -0.443. The van der Waals surface area contributed by atoms with E-state index in [9.17, 15) is 14.4 Å². The molecule has 1 unspecified atom stereocenters. The third-order valence-electron chi connectivity index (χ3n) is 5.12. The van der Waals surface area contributed by atoms with Crippen LogP contribution in [0.5, 0.6) is 0 Å². The number of amides is 1. The predicted octanol–water partition coefficient (Wildman–Crippen LogP) is 2.84. The van der Waals surface area contributed by atoms with Gasteiger partial charge < -0.3 is 19.7 Å².